The van der Waals surface area contributed by atoms with Gasteiger partial charge in [-0.05, 0) is 32.9 Å². The maximum absolute atomic E-state index is 4.47. The maximum atomic E-state index is 4.47. The molecule has 0 saturated carbocycles. The monoisotopic (exact) mass is 275 g/mol. The second-order valence-electron chi connectivity index (χ2n) is 5.22. The predicted octanol–water partition coefficient (Wildman–Crippen LogP) is 1.29. The summed E-state index contributed by atoms with van der Waals surface area (Å²) in [5.74, 6) is 1.39. The number of nitrogens with zero attached hydrogens (tertiary/aromatic N) is 4. The minimum absolute atomic E-state index is 0.503. The highest BCUT2D eigenvalue weighted by atomic mass is 15.2. The number of imidazole rings is 1. The molecule has 0 aliphatic carbocycles. The van der Waals surface area contributed by atoms with Crippen LogP contribution < -0.4 is 10.6 Å². The molecule has 1 saturated heterocycles. The Hall–Kier alpha value is -1.89. The van der Waals surface area contributed by atoms with Gasteiger partial charge in [0.2, 0.25) is 5.95 Å². The number of fused-ring (bicyclic) bond motifs is 1. The van der Waals surface area contributed by atoms with Crippen LogP contribution in [0.5, 0.6) is 0 Å². The number of rotatable bonds is 5. The van der Waals surface area contributed by atoms with Gasteiger partial charge in [0.1, 0.15) is 5.52 Å². The van der Waals surface area contributed by atoms with E-state index in [1.165, 1.54) is 25.9 Å². The fraction of sp³-hybridized carbons (Fsp3) is 0.615. The highest BCUT2D eigenvalue weighted by Gasteiger charge is 2.18. The van der Waals surface area contributed by atoms with Crippen LogP contribution in [-0.2, 0) is 0 Å². The van der Waals surface area contributed by atoms with E-state index in [0.29, 0.717) is 17.6 Å². The van der Waals surface area contributed by atoms with Crippen molar-refractivity contribution in [3.05, 3.63) is 6.33 Å². The Kier molecular flexibility index (Phi) is 3.68. The Labute approximate surface area is 118 Å². The van der Waals surface area contributed by atoms with Crippen LogP contribution in [0.25, 0.3) is 11.2 Å². The molecule has 0 radical (unpaired) electrons. The van der Waals surface area contributed by atoms with Crippen LogP contribution >= 0.6 is 0 Å². The van der Waals surface area contributed by atoms with E-state index in [2.05, 4.69) is 42.4 Å². The molecule has 1 atom stereocenters. The topological polar surface area (TPSA) is 81.8 Å². The molecule has 2 aromatic heterocycles. The van der Waals surface area contributed by atoms with E-state index >= 15 is 0 Å². The molecule has 2 aromatic rings. The molecule has 7 nitrogen and oxygen atoms in total. The van der Waals surface area contributed by atoms with E-state index < -0.39 is 0 Å². The van der Waals surface area contributed by atoms with Crippen molar-refractivity contribution in [2.75, 3.05) is 37.3 Å². The molecule has 20 heavy (non-hydrogen) atoms. The number of nitrogens with one attached hydrogen (secondary N) is 3. The molecular formula is C13H21N7. The summed E-state index contributed by atoms with van der Waals surface area (Å²) in [6.07, 6.45) is 4.27. The fourth-order valence-corrected chi connectivity index (χ4v) is 2.63. The Morgan fingerprint density at radius 2 is 2.15 bits per heavy atom. The van der Waals surface area contributed by atoms with Crippen molar-refractivity contribution in [1.29, 1.82) is 0 Å². The molecule has 0 amide bonds. The van der Waals surface area contributed by atoms with Crippen molar-refractivity contribution in [2.45, 2.75) is 25.8 Å². The van der Waals surface area contributed by atoms with Crippen LogP contribution in [0.3, 0.4) is 0 Å². The molecule has 1 aliphatic heterocycles. The van der Waals surface area contributed by atoms with Gasteiger partial charge in [0.25, 0.3) is 0 Å². The van der Waals surface area contributed by atoms with Crippen LogP contribution in [-0.4, -0.2) is 57.6 Å². The molecule has 1 unspecified atom stereocenters. The third-order valence-corrected chi connectivity index (χ3v) is 3.84. The normalized spacial score (nSPS) is 17.5. The zero-order valence-corrected chi connectivity index (χ0v) is 12.0. The minimum Gasteiger partial charge on any atom is -0.367 e. The van der Waals surface area contributed by atoms with E-state index in [0.717, 1.165) is 17.9 Å². The van der Waals surface area contributed by atoms with Gasteiger partial charge in [-0.15, -0.1) is 0 Å². The molecular weight excluding hydrogens is 254 g/mol. The molecule has 7 heteroatoms. The van der Waals surface area contributed by atoms with E-state index in [1.807, 2.05) is 7.05 Å². The number of H-pyrrole nitrogens is 1. The Bertz CT molecular complexity index is 573. The first-order valence-corrected chi connectivity index (χ1v) is 7.14. The van der Waals surface area contributed by atoms with Crippen molar-refractivity contribution < 1.29 is 0 Å². The van der Waals surface area contributed by atoms with Crippen LogP contribution in [0.15, 0.2) is 6.33 Å². The SMILES string of the molecule is CNc1nc(NCC(C)N2CCCC2)c2[nH]cnc2n1. The first-order valence-electron chi connectivity index (χ1n) is 7.14. The van der Waals surface area contributed by atoms with Crippen molar-refractivity contribution in [3.8, 4) is 0 Å². The molecule has 3 heterocycles. The standard InChI is InChI=1S/C13H21N7/c1-9(20-5-3-4-6-20)7-15-11-10-12(17-8-16-10)19-13(14-2)18-11/h8-9H,3-7H2,1-2H3,(H3,14,15,16,17,18,19). The molecule has 1 aliphatic rings. The first kappa shape index (κ1) is 13.1. The number of anilines is 2. The lowest BCUT2D eigenvalue weighted by atomic mass is 10.3. The van der Waals surface area contributed by atoms with Gasteiger partial charge < -0.3 is 15.6 Å². The second-order valence-corrected chi connectivity index (χ2v) is 5.22. The largest absolute Gasteiger partial charge is 0.367 e. The van der Waals surface area contributed by atoms with Gasteiger partial charge in [-0.2, -0.15) is 9.97 Å². The summed E-state index contributed by atoms with van der Waals surface area (Å²) in [4.78, 5) is 18.6. The average Bonchev–Trinajstić information content (AvgIpc) is 3.14. The molecule has 0 aromatic carbocycles. The highest BCUT2D eigenvalue weighted by Crippen LogP contribution is 2.19. The first-order chi connectivity index (χ1) is 9.78. The fourth-order valence-electron chi connectivity index (χ4n) is 2.63. The van der Waals surface area contributed by atoms with Gasteiger partial charge in [0.05, 0.1) is 6.33 Å². The summed E-state index contributed by atoms with van der Waals surface area (Å²) in [6.45, 7) is 5.53. The minimum atomic E-state index is 0.503. The second kappa shape index (κ2) is 5.62. The Balaban J connectivity index is 1.74. The number of likely N-dealkylation sites (tertiary alicyclic amines) is 1. The van der Waals surface area contributed by atoms with Crippen molar-refractivity contribution >= 4 is 22.9 Å². The predicted molar refractivity (Wildman–Crippen MR) is 80.0 cm³/mol. The van der Waals surface area contributed by atoms with Crippen LogP contribution in [0, 0.1) is 0 Å². The lowest BCUT2D eigenvalue weighted by Gasteiger charge is -2.24. The van der Waals surface area contributed by atoms with Gasteiger partial charge in [-0.1, -0.05) is 0 Å². The number of aromatic amines is 1. The van der Waals surface area contributed by atoms with Crippen LogP contribution in [0.1, 0.15) is 19.8 Å². The van der Waals surface area contributed by atoms with E-state index in [4.69, 9.17) is 0 Å². The molecule has 1 fully saturated rings. The van der Waals surface area contributed by atoms with Gasteiger partial charge in [0, 0.05) is 19.6 Å². The number of hydrogen-bond donors (Lipinski definition) is 3. The highest BCUT2D eigenvalue weighted by molar-refractivity contribution is 5.83. The summed E-state index contributed by atoms with van der Waals surface area (Å²) >= 11 is 0. The molecule has 0 spiro atoms. The van der Waals surface area contributed by atoms with Crippen molar-refractivity contribution in [1.82, 2.24) is 24.8 Å². The molecule has 108 valence electrons. The quantitative estimate of drug-likeness (QED) is 0.763. The average molecular weight is 275 g/mol. The van der Waals surface area contributed by atoms with Crippen LogP contribution in [0.2, 0.25) is 0 Å². The van der Waals surface area contributed by atoms with E-state index in [9.17, 15) is 0 Å². The summed E-state index contributed by atoms with van der Waals surface area (Å²) in [6, 6.07) is 0.503. The zero-order chi connectivity index (χ0) is 13.9. The Morgan fingerprint density at radius 3 is 2.90 bits per heavy atom. The van der Waals surface area contributed by atoms with Crippen molar-refractivity contribution in [3.63, 3.8) is 0 Å². The molecule has 0 bridgehead atoms. The number of aromatic nitrogens is 4. The summed E-state index contributed by atoms with van der Waals surface area (Å²) in [5, 5.41) is 6.39. The lowest BCUT2D eigenvalue weighted by Crippen LogP contribution is -2.35. The molecule has 3 N–H and O–H groups in total. The van der Waals surface area contributed by atoms with E-state index in [-0.39, 0.29) is 0 Å². The summed E-state index contributed by atoms with van der Waals surface area (Å²) < 4.78 is 0. The van der Waals surface area contributed by atoms with Gasteiger partial charge in [-0.25, -0.2) is 4.98 Å². The van der Waals surface area contributed by atoms with Crippen LogP contribution in [0.4, 0.5) is 11.8 Å². The van der Waals surface area contributed by atoms with Gasteiger partial charge >= 0.3 is 0 Å². The Morgan fingerprint density at radius 1 is 1.35 bits per heavy atom. The number of hydrogen-bond acceptors (Lipinski definition) is 6. The van der Waals surface area contributed by atoms with Gasteiger partial charge in [0.15, 0.2) is 11.5 Å². The van der Waals surface area contributed by atoms with Crippen molar-refractivity contribution in [2.24, 2.45) is 0 Å². The smallest absolute Gasteiger partial charge is 0.226 e. The molecule has 3 rings (SSSR count). The maximum Gasteiger partial charge on any atom is 0.226 e. The zero-order valence-electron chi connectivity index (χ0n) is 12.0. The third kappa shape index (κ3) is 2.53. The lowest BCUT2D eigenvalue weighted by molar-refractivity contribution is 0.269. The third-order valence-electron chi connectivity index (χ3n) is 3.84. The van der Waals surface area contributed by atoms with Gasteiger partial charge in [-0.3, -0.25) is 4.90 Å². The van der Waals surface area contributed by atoms with E-state index in [1.54, 1.807) is 6.33 Å². The summed E-state index contributed by atoms with van der Waals surface area (Å²) in [5.41, 5.74) is 1.54. The summed E-state index contributed by atoms with van der Waals surface area (Å²) in [7, 11) is 1.81.